The number of rotatable bonds is 5. The summed E-state index contributed by atoms with van der Waals surface area (Å²) < 4.78 is 1.70. The fourth-order valence-electron chi connectivity index (χ4n) is 2.84. The molecule has 6 nitrogen and oxygen atoms in total. The van der Waals surface area contributed by atoms with E-state index in [4.69, 9.17) is 0 Å². The third kappa shape index (κ3) is 4.30. The van der Waals surface area contributed by atoms with Crippen LogP contribution in [0.25, 0.3) is 5.69 Å². The molecule has 1 unspecified atom stereocenters. The van der Waals surface area contributed by atoms with Crippen LogP contribution in [0.3, 0.4) is 0 Å². The van der Waals surface area contributed by atoms with Crippen LogP contribution in [0.5, 0.6) is 0 Å². The minimum atomic E-state index is -0.0146. The highest BCUT2D eigenvalue weighted by Crippen LogP contribution is 2.15. The van der Waals surface area contributed by atoms with E-state index < -0.39 is 0 Å². The van der Waals surface area contributed by atoms with Crippen LogP contribution in [-0.2, 0) is 0 Å². The van der Waals surface area contributed by atoms with E-state index in [9.17, 15) is 4.79 Å². The molecule has 23 heavy (non-hydrogen) atoms. The van der Waals surface area contributed by atoms with Crippen LogP contribution in [0, 0.1) is 12.8 Å². The molecule has 1 fully saturated rings. The fraction of sp³-hybridized carbons (Fsp3) is 0.438. The van der Waals surface area contributed by atoms with Crippen LogP contribution in [0.4, 0.5) is 0 Å². The molecule has 1 aliphatic heterocycles. The molecule has 0 spiro atoms. The van der Waals surface area contributed by atoms with Crippen LogP contribution in [0.15, 0.2) is 30.9 Å². The third-order valence-corrected chi connectivity index (χ3v) is 4.13. The molecule has 124 valence electrons. The van der Waals surface area contributed by atoms with Gasteiger partial charge in [-0.3, -0.25) is 4.79 Å². The van der Waals surface area contributed by atoms with Crippen LogP contribution < -0.4 is 10.6 Å². The number of carbonyl (C=O) groups is 1. The average Bonchev–Trinajstić information content (AvgIpc) is 3.20. The summed E-state index contributed by atoms with van der Waals surface area (Å²) in [7, 11) is 0. The largest absolute Gasteiger partial charge is 0.352 e. The summed E-state index contributed by atoms with van der Waals surface area (Å²) in [5.74, 6) is 0.677. The van der Waals surface area contributed by atoms with E-state index in [0.29, 0.717) is 11.5 Å². The number of benzene rings is 1. The number of halogens is 1. The van der Waals surface area contributed by atoms with Crippen molar-refractivity contribution in [1.29, 1.82) is 0 Å². The summed E-state index contributed by atoms with van der Waals surface area (Å²) in [5, 5.41) is 10.5. The fourth-order valence-corrected chi connectivity index (χ4v) is 2.84. The predicted octanol–water partition coefficient (Wildman–Crippen LogP) is 1.73. The maximum absolute atomic E-state index is 12.2. The number of amides is 1. The van der Waals surface area contributed by atoms with Crippen molar-refractivity contribution in [3.63, 3.8) is 0 Å². The molecule has 1 saturated heterocycles. The molecule has 1 aliphatic rings. The zero-order valence-corrected chi connectivity index (χ0v) is 14.0. The molecule has 1 aromatic carbocycles. The number of nitrogens with zero attached hydrogens (tertiary/aromatic N) is 3. The molecule has 0 saturated carbocycles. The van der Waals surface area contributed by atoms with E-state index in [2.05, 4.69) is 20.7 Å². The number of aryl methyl sites for hydroxylation is 1. The van der Waals surface area contributed by atoms with Gasteiger partial charge in [-0.1, -0.05) is 0 Å². The van der Waals surface area contributed by atoms with Gasteiger partial charge in [0.15, 0.2) is 0 Å². The maximum atomic E-state index is 12.2. The SMILES string of the molecule is Cc1cc(C(=O)NCCC2CCNC2)ccc1-n1cncn1.Cl. The van der Waals surface area contributed by atoms with Gasteiger partial charge in [0.05, 0.1) is 5.69 Å². The van der Waals surface area contributed by atoms with Crippen LogP contribution in [0.1, 0.15) is 28.8 Å². The van der Waals surface area contributed by atoms with Crippen molar-refractivity contribution in [3.8, 4) is 5.69 Å². The average molecular weight is 336 g/mol. The first-order valence-electron chi connectivity index (χ1n) is 7.68. The van der Waals surface area contributed by atoms with Gasteiger partial charge in [-0.05, 0) is 62.5 Å². The van der Waals surface area contributed by atoms with Crippen molar-refractivity contribution in [1.82, 2.24) is 25.4 Å². The lowest BCUT2D eigenvalue weighted by Crippen LogP contribution is -2.26. The van der Waals surface area contributed by atoms with Crippen molar-refractivity contribution >= 4 is 18.3 Å². The summed E-state index contributed by atoms with van der Waals surface area (Å²) in [6.07, 6.45) is 5.39. The van der Waals surface area contributed by atoms with Crippen LogP contribution in [-0.4, -0.2) is 40.3 Å². The number of nitrogens with one attached hydrogen (secondary N) is 2. The first-order chi connectivity index (χ1) is 10.7. The van der Waals surface area contributed by atoms with Crippen molar-refractivity contribution < 1.29 is 4.79 Å². The minimum Gasteiger partial charge on any atom is -0.352 e. The van der Waals surface area contributed by atoms with Crippen molar-refractivity contribution in [2.24, 2.45) is 5.92 Å². The highest BCUT2D eigenvalue weighted by Gasteiger charge is 2.14. The molecule has 1 atom stereocenters. The smallest absolute Gasteiger partial charge is 0.251 e. The number of carbonyl (C=O) groups excluding carboxylic acids is 1. The highest BCUT2D eigenvalue weighted by atomic mass is 35.5. The minimum absolute atomic E-state index is 0. The summed E-state index contributed by atoms with van der Waals surface area (Å²) in [6, 6.07) is 5.62. The van der Waals surface area contributed by atoms with Gasteiger partial charge in [0.25, 0.3) is 5.91 Å². The Bertz CT molecular complexity index is 638. The Balaban J connectivity index is 0.00000192. The zero-order chi connectivity index (χ0) is 15.4. The summed E-state index contributed by atoms with van der Waals surface area (Å²) in [5.41, 5.74) is 2.62. The van der Waals surface area contributed by atoms with E-state index in [1.54, 1.807) is 11.0 Å². The summed E-state index contributed by atoms with van der Waals surface area (Å²) in [4.78, 5) is 16.1. The first-order valence-corrected chi connectivity index (χ1v) is 7.68. The Kier molecular flexibility index (Phi) is 6.12. The Hall–Kier alpha value is -1.92. The van der Waals surface area contributed by atoms with E-state index >= 15 is 0 Å². The van der Waals surface area contributed by atoms with Gasteiger partial charge in [0.1, 0.15) is 12.7 Å². The van der Waals surface area contributed by atoms with E-state index in [-0.39, 0.29) is 18.3 Å². The quantitative estimate of drug-likeness (QED) is 0.873. The van der Waals surface area contributed by atoms with Gasteiger partial charge in [0.2, 0.25) is 0 Å². The molecular formula is C16H22ClN5O. The lowest BCUT2D eigenvalue weighted by Gasteiger charge is -2.11. The molecule has 7 heteroatoms. The second kappa shape index (κ2) is 8.08. The van der Waals surface area contributed by atoms with Crippen molar-refractivity contribution in [2.45, 2.75) is 19.8 Å². The monoisotopic (exact) mass is 335 g/mol. The van der Waals surface area contributed by atoms with Crippen molar-refractivity contribution in [3.05, 3.63) is 42.0 Å². The second-order valence-corrected chi connectivity index (χ2v) is 5.74. The molecule has 2 aromatic rings. The predicted molar refractivity (Wildman–Crippen MR) is 91.3 cm³/mol. The van der Waals surface area contributed by atoms with Gasteiger partial charge < -0.3 is 10.6 Å². The summed E-state index contributed by atoms with van der Waals surface area (Å²) >= 11 is 0. The number of aromatic nitrogens is 3. The Morgan fingerprint density at radius 1 is 1.48 bits per heavy atom. The summed E-state index contributed by atoms with van der Waals surface area (Å²) in [6.45, 7) is 4.87. The molecule has 1 aromatic heterocycles. The second-order valence-electron chi connectivity index (χ2n) is 5.74. The topological polar surface area (TPSA) is 71.8 Å². The van der Waals surface area contributed by atoms with E-state index in [1.807, 2.05) is 25.1 Å². The molecule has 0 aliphatic carbocycles. The van der Waals surface area contributed by atoms with Gasteiger partial charge in [-0.2, -0.15) is 5.10 Å². The highest BCUT2D eigenvalue weighted by molar-refractivity contribution is 5.94. The van der Waals surface area contributed by atoms with Crippen LogP contribution >= 0.6 is 12.4 Å². The van der Waals surface area contributed by atoms with E-state index in [1.165, 1.54) is 12.7 Å². The maximum Gasteiger partial charge on any atom is 0.251 e. The van der Waals surface area contributed by atoms with Gasteiger partial charge in [-0.25, -0.2) is 9.67 Å². The third-order valence-electron chi connectivity index (χ3n) is 4.13. The van der Waals surface area contributed by atoms with E-state index in [0.717, 1.165) is 37.3 Å². The van der Waals surface area contributed by atoms with Gasteiger partial charge in [0, 0.05) is 12.1 Å². The number of hydrogen-bond donors (Lipinski definition) is 2. The van der Waals surface area contributed by atoms with Crippen LogP contribution in [0.2, 0.25) is 0 Å². The zero-order valence-electron chi connectivity index (χ0n) is 13.2. The first kappa shape index (κ1) is 17.4. The molecule has 2 heterocycles. The molecule has 1 amide bonds. The molecule has 2 N–H and O–H groups in total. The van der Waals surface area contributed by atoms with Gasteiger partial charge >= 0.3 is 0 Å². The van der Waals surface area contributed by atoms with Crippen molar-refractivity contribution in [2.75, 3.05) is 19.6 Å². The Morgan fingerprint density at radius 2 is 2.35 bits per heavy atom. The standard InChI is InChI=1S/C16H21N5O.ClH/c1-12-8-14(2-3-15(12)21-11-18-10-20-21)16(22)19-7-5-13-4-6-17-9-13;/h2-3,8,10-11,13,17H,4-7,9H2,1H3,(H,19,22);1H. The Labute approximate surface area is 142 Å². The molecule has 0 bridgehead atoms. The molecular weight excluding hydrogens is 314 g/mol. The van der Waals surface area contributed by atoms with Gasteiger partial charge in [-0.15, -0.1) is 12.4 Å². The lowest BCUT2D eigenvalue weighted by atomic mass is 10.0. The number of hydrogen-bond acceptors (Lipinski definition) is 4. The Morgan fingerprint density at radius 3 is 3.00 bits per heavy atom. The lowest BCUT2D eigenvalue weighted by molar-refractivity contribution is 0.0951. The molecule has 3 rings (SSSR count). The molecule has 0 radical (unpaired) electrons. The normalized spacial score (nSPS) is 16.8.